The number of carbonyl (C=O) groups excluding carboxylic acids is 2. The molecule has 0 atom stereocenters. The zero-order chi connectivity index (χ0) is 36.3. The van der Waals surface area contributed by atoms with Crippen LogP contribution in [-0.2, 0) is 5.41 Å². The van der Waals surface area contributed by atoms with Gasteiger partial charge in [0, 0.05) is 55.1 Å². The average Bonchev–Trinajstić information content (AvgIpc) is 3.04. The molecular formula is C35H52N8O4S2. The van der Waals surface area contributed by atoms with Gasteiger partial charge in [-0.3, -0.25) is 9.59 Å². The maximum atomic E-state index is 14.2. The third kappa shape index (κ3) is 10.7. The molecule has 14 N–H and O–H groups in total. The van der Waals surface area contributed by atoms with Crippen molar-refractivity contribution in [3.8, 4) is 11.5 Å². The summed E-state index contributed by atoms with van der Waals surface area (Å²) in [5.41, 5.74) is 40.0. The normalized spacial score (nSPS) is 11.5. The number of nitrogen functional groups attached to an aromatic ring is 2. The summed E-state index contributed by atoms with van der Waals surface area (Å²) in [5, 5.41) is 6.04. The highest BCUT2D eigenvalue weighted by Crippen LogP contribution is 2.40. The molecule has 0 spiro atoms. The summed E-state index contributed by atoms with van der Waals surface area (Å²) in [7, 11) is 0. The second-order valence-electron chi connectivity index (χ2n) is 12.6. The molecule has 3 rings (SSSR count). The van der Waals surface area contributed by atoms with Crippen molar-refractivity contribution >= 4 is 58.1 Å². The van der Waals surface area contributed by atoms with Crippen LogP contribution in [0.1, 0.15) is 72.4 Å². The fourth-order valence-electron chi connectivity index (χ4n) is 4.79. The van der Waals surface area contributed by atoms with E-state index in [0.29, 0.717) is 57.1 Å². The predicted octanol–water partition coefficient (Wildman–Crippen LogP) is 4.55. The molecule has 0 saturated heterocycles. The van der Waals surface area contributed by atoms with Gasteiger partial charge in [-0.25, -0.2) is 0 Å². The van der Waals surface area contributed by atoms with E-state index in [1.165, 1.54) is 35.7 Å². The van der Waals surface area contributed by atoms with Gasteiger partial charge in [0.25, 0.3) is 11.8 Å². The van der Waals surface area contributed by atoms with E-state index in [-0.39, 0.29) is 60.3 Å². The largest absolute Gasteiger partial charge is 0.491 e. The topological polar surface area (TPSA) is 233 Å². The van der Waals surface area contributed by atoms with Crippen LogP contribution in [-0.4, -0.2) is 62.7 Å². The van der Waals surface area contributed by atoms with Crippen LogP contribution in [0.15, 0.2) is 46.2 Å². The molecule has 12 nitrogen and oxygen atoms in total. The first-order valence-corrected chi connectivity index (χ1v) is 18.2. The number of ether oxygens (including phenoxy) is 2. The van der Waals surface area contributed by atoms with Crippen LogP contribution >= 0.6 is 23.5 Å². The van der Waals surface area contributed by atoms with Crippen LogP contribution in [0.2, 0.25) is 0 Å². The number of benzene rings is 3. The lowest BCUT2D eigenvalue weighted by Crippen LogP contribution is -2.21. The van der Waals surface area contributed by atoms with Crippen molar-refractivity contribution in [2.24, 2.45) is 22.9 Å². The Morgan fingerprint density at radius 2 is 1.16 bits per heavy atom. The number of nitrogens with two attached hydrogens (primary N) is 6. The molecule has 0 saturated carbocycles. The Labute approximate surface area is 298 Å². The number of anilines is 4. The number of carbonyl (C=O) groups is 2. The third-order valence-corrected chi connectivity index (χ3v) is 9.71. The Morgan fingerprint density at radius 3 is 1.59 bits per heavy atom. The lowest BCUT2D eigenvalue weighted by molar-refractivity contribution is 0.102. The van der Waals surface area contributed by atoms with Gasteiger partial charge in [-0.1, -0.05) is 34.6 Å². The second kappa shape index (κ2) is 18.4. The van der Waals surface area contributed by atoms with Crippen LogP contribution in [0.5, 0.6) is 11.5 Å². The van der Waals surface area contributed by atoms with Crippen molar-refractivity contribution in [3.05, 3.63) is 58.7 Å². The fourth-order valence-corrected chi connectivity index (χ4v) is 6.42. The van der Waals surface area contributed by atoms with Gasteiger partial charge in [0.05, 0.1) is 32.3 Å². The Bertz CT molecular complexity index is 1610. The maximum Gasteiger partial charge on any atom is 0.259 e. The number of thioether (sulfide) groups is 2. The fraction of sp³-hybridized carbons (Fsp3) is 0.429. The van der Waals surface area contributed by atoms with Crippen LogP contribution in [0, 0.1) is 0 Å². The van der Waals surface area contributed by atoms with Crippen LogP contribution in [0.4, 0.5) is 22.7 Å². The summed E-state index contributed by atoms with van der Waals surface area (Å²) in [6.45, 7) is 11.8. The molecule has 0 heterocycles. The number of rotatable bonds is 17. The Kier molecular flexibility index (Phi) is 14.9. The van der Waals surface area contributed by atoms with Gasteiger partial charge in [-0.2, -0.15) is 0 Å². The summed E-state index contributed by atoms with van der Waals surface area (Å²) in [6.07, 6.45) is 0. The van der Waals surface area contributed by atoms with Gasteiger partial charge in [-0.15, -0.1) is 23.5 Å². The molecule has 0 radical (unpaired) electrons. The standard InChI is InChI=1S/C35H52N8O4S2/c1-20(2)21-14-25(40)31(48-12-8-38)27(15-21)42-33(44)23-18-24(30(47-11-7-37)19-29(23)46-10-6-36)34(45)43-28-17-22(35(3,4)5)16-26(41)32(28)49-13-9-39/h14-20H,6-13,36-41H2,1-5H3,(H,42,44)(H,43,45). The first-order valence-electron chi connectivity index (χ1n) is 16.2. The van der Waals surface area contributed by atoms with E-state index in [2.05, 4.69) is 31.4 Å². The minimum absolute atomic E-state index is 0.0985. The first-order chi connectivity index (χ1) is 23.2. The van der Waals surface area contributed by atoms with Crippen molar-refractivity contribution < 1.29 is 19.1 Å². The molecule has 0 aliphatic heterocycles. The van der Waals surface area contributed by atoms with E-state index in [1.807, 2.05) is 38.1 Å². The maximum absolute atomic E-state index is 14.2. The average molecular weight is 713 g/mol. The molecule has 49 heavy (non-hydrogen) atoms. The second-order valence-corrected chi connectivity index (χ2v) is 14.8. The lowest BCUT2D eigenvalue weighted by atomic mass is 9.86. The monoisotopic (exact) mass is 712 g/mol. The molecular weight excluding hydrogens is 661 g/mol. The summed E-state index contributed by atoms with van der Waals surface area (Å²) in [6, 6.07) is 10.6. The first kappa shape index (κ1) is 39.8. The highest BCUT2D eigenvalue weighted by atomic mass is 32.2. The van der Waals surface area contributed by atoms with Crippen molar-refractivity contribution in [1.82, 2.24) is 0 Å². The quantitative estimate of drug-likeness (QED) is 0.0711. The van der Waals surface area contributed by atoms with E-state index in [1.54, 1.807) is 0 Å². The van der Waals surface area contributed by atoms with Crippen LogP contribution < -0.4 is 54.5 Å². The van der Waals surface area contributed by atoms with Gasteiger partial charge < -0.3 is 54.5 Å². The molecule has 0 aliphatic carbocycles. The summed E-state index contributed by atoms with van der Waals surface area (Å²) < 4.78 is 11.9. The van der Waals surface area contributed by atoms with E-state index in [9.17, 15) is 9.59 Å². The third-order valence-electron chi connectivity index (χ3n) is 7.34. The summed E-state index contributed by atoms with van der Waals surface area (Å²) >= 11 is 2.90. The van der Waals surface area contributed by atoms with E-state index in [4.69, 9.17) is 43.9 Å². The van der Waals surface area contributed by atoms with E-state index >= 15 is 0 Å². The molecule has 0 bridgehead atoms. The smallest absolute Gasteiger partial charge is 0.259 e. The molecule has 0 fully saturated rings. The van der Waals surface area contributed by atoms with Crippen molar-refractivity contribution in [3.63, 3.8) is 0 Å². The Hall–Kier alpha value is -3.66. The van der Waals surface area contributed by atoms with Gasteiger partial charge >= 0.3 is 0 Å². The molecule has 14 heteroatoms. The Balaban J connectivity index is 2.17. The zero-order valence-corrected chi connectivity index (χ0v) is 30.7. The predicted molar refractivity (Wildman–Crippen MR) is 206 cm³/mol. The van der Waals surface area contributed by atoms with Crippen LogP contribution in [0.3, 0.4) is 0 Å². The Morgan fingerprint density at radius 1 is 0.694 bits per heavy atom. The van der Waals surface area contributed by atoms with Gasteiger partial charge in [0.1, 0.15) is 24.7 Å². The zero-order valence-electron chi connectivity index (χ0n) is 29.1. The molecule has 0 aromatic heterocycles. The van der Waals surface area contributed by atoms with Crippen LogP contribution in [0.25, 0.3) is 0 Å². The highest BCUT2D eigenvalue weighted by Gasteiger charge is 2.25. The van der Waals surface area contributed by atoms with Crippen molar-refractivity contribution in [2.75, 3.05) is 73.0 Å². The minimum Gasteiger partial charge on any atom is -0.491 e. The lowest BCUT2D eigenvalue weighted by Gasteiger charge is -2.23. The summed E-state index contributed by atoms with van der Waals surface area (Å²) in [4.78, 5) is 29.7. The number of nitrogens with one attached hydrogen (secondary N) is 2. The van der Waals surface area contributed by atoms with E-state index in [0.717, 1.165) is 11.1 Å². The van der Waals surface area contributed by atoms with Crippen molar-refractivity contribution in [1.29, 1.82) is 0 Å². The number of hydrogen-bond acceptors (Lipinski definition) is 12. The van der Waals surface area contributed by atoms with Gasteiger partial charge in [0.15, 0.2) is 0 Å². The SMILES string of the molecule is CC(C)c1cc(N)c(SCCN)c(NC(=O)c2cc(C(=O)Nc3cc(C(C)(C)C)cc(N)c3SCCN)c(OCCN)cc2OCCN)c1. The van der Waals surface area contributed by atoms with Gasteiger partial charge in [0.2, 0.25) is 0 Å². The van der Waals surface area contributed by atoms with Gasteiger partial charge in [-0.05, 0) is 52.8 Å². The molecule has 0 unspecified atom stereocenters. The number of amides is 2. The highest BCUT2D eigenvalue weighted by molar-refractivity contribution is 7.99. The molecule has 268 valence electrons. The number of hydrogen-bond donors (Lipinski definition) is 8. The molecule has 3 aromatic rings. The molecule has 2 amide bonds. The minimum atomic E-state index is -0.517. The van der Waals surface area contributed by atoms with E-state index < -0.39 is 11.8 Å². The molecule has 3 aromatic carbocycles. The van der Waals surface area contributed by atoms with Crippen molar-refractivity contribution in [2.45, 2.75) is 55.7 Å². The summed E-state index contributed by atoms with van der Waals surface area (Å²) in [5.74, 6) is 0.697. The molecule has 0 aliphatic rings.